The molecule has 0 atom stereocenters. The smallest absolute Gasteiger partial charge is 0.298 e. The van der Waals surface area contributed by atoms with Crippen molar-refractivity contribution in [3.8, 4) is 11.4 Å². The van der Waals surface area contributed by atoms with E-state index in [2.05, 4.69) is 15.3 Å². The van der Waals surface area contributed by atoms with Crippen molar-refractivity contribution in [2.75, 3.05) is 5.32 Å². The minimum absolute atomic E-state index is 0.0108. The number of hydrogen-bond acceptors (Lipinski definition) is 4. The molecule has 0 radical (unpaired) electrons. The summed E-state index contributed by atoms with van der Waals surface area (Å²) in [7, 11) is 0. The van der Waals surface area contributed by atoms with Crippen molar-refractivity contribution in [1.29, 1.82) is 0 Å². The van der Waals surface area contributed by atoms with Crippen LogP contribution >= 0.6 is 11.3 Å². The number of alkyl halides is 6. The molecule has 1 N–H and O–H groups in total. The summed E-state index contributed by atoms with van der Waals surface area (Å²) < 4.78 is 77.4. The predicted octanol–water partition coefficient (Wildman–Crippen LogP) is 5.50. The summed E-state index contributed by atoms with van der Waals surface area (Å²) >= 11 is 0.959. The van der Waals surface area contributed by atoms with Crippen LogP contribution in [0.25, 0.3) is 11.4 Å². The van der Waals surface area contributed by atoms with Crippen molar-refractivity contribution in [2.24, 2.45) is 0 Å². The highest BCUT2D eigenvalue weighted by molar-refractivity contribution is 7.14. The maximum Gasteiger partial charge on any atom is 0.416 e. The van der Waals surface area contributed by atoms with Gasteiger partial charge in [0.25, 0.3) is 5.91 Å². The lowest BCUT2D eigenvalue weighted by Gasteiger charge is -2.13. The molecule has 146 valence electrons. The number of aromatic nitrogens is 2. The Morgan fingerprint density at radius 3 is 2.11 bits per heavy atom. The standard InChI is InChI=1S/C17H9F6N3OS/c18-16(19,20)10-5-9(6-11(7-10)17(21,22)23)14(27)26-15-25-13(8-28-15)12-3-1-2-4-24-12/h1-8H,(H,25,26,27). The highest BCUT2D eigenvalue weighted by Crippen LogP contribution is 2.36. The Balaban J connectivity index is 1.89. The van der Waals surface area contributed by atoms with Crippen molar-refractivity contribution in [3.63, 3.8) is 0 Å². The van der Waals surface area contributed by atoms with Gasteiger partial charge in [-0.2, -0.15) is 26.3 Å². The monoisotopic (exact) mass is 417 g/mol. The van der Waals surface area contributed by atoms with E-state index in [1.165, 1.54) is 6.20 Å². The molecule has 0 unspecified atom stereocenters. The minimum Gasteiger partial charge on any atom is -0.298 e. The molecule has 0 bridgehead atoms. The van der Waals surface area contributed by atoms with Crippen molar-refractivity contribution in [3.05, 3.63) is 64.7 Å². The number of hydrogen-bond donors (Lipinski definition) is 1. The molecule has 4 nitrogen and oxygen atoms in total. The quantitative estimate of drug-likeness (QED) is 0.573. The van der Waals surface area contributed by atoms with Gasteiger partial charge in [0.05, 0.1) is 16.8 Å². The zero-order chi connectivity index (χ0) is 20.5. The normalized spacial score (nSPS) is 12.1. The first kappa shape index (κ1) is 19.8. The van der Waals surface area contributed by atoms with E-state index in [0.29, 0.717) is 23.5 Å². The molecule has 0 aliphatic carbocycles. The number of amides is 1. The maximum absolute atomic E-state index is 12.9. The number of nitrogens with zero attached hydrogens (tertiary/aromatic N) is 2. The molecule has 1 aromatic carbocycles. The second-order valence-electron chi connectivity index (χ2n) is 5.50. The highest BCUT2D eigenvalue weighted by Gasteiger charge is 2.37. The molecule has 1 amide bonds. The lowest BCUT2D eigenvalue weighted by Crippen LogP contribution is -2.17. The fraction of sp³-hybridized carbons (Fsp3) is 0.118. The number of carbonyl (C=O) groups excluding carboxylic acids is 1. The Hall–Kier alpha value is -2.95. The van der Waals surface area contributed by atoms with Gasteiger partial charge in [-0.1, -0.05) is 6.07 Å². The molecule has 28 heavy (non-hydrogen) atoms. The lowest BCUT2D eigenvalue weighted by molar-refractivity contribution is -0.143. The fourth-order valence-corrected chi connectivity index (χ4v) is 2.92. The summed E-state index contributed by atoms with van der Waals surface area (Å²) in [6.07, 6.45) is -8.55. The Kier molecular flexibility index (Phi) is 5.11. The van der Waals surface area contributed by atoms with Crippen molar-refractivity contribution in [2.45, 2.75) is 12.4 Å². The van der Waals surface area contributed by atoms with Gasteiger partial charge in [-0.3, -0.25) is 15.1 Å². The Bertz CT molecular complexity index is 966. The van der Waals surface area contributed by atoms with Crippen LogP contribution in [0.3, 0.4) is 0 Å². The van der Waals surface area contributed by atoms with E-state index in [1.54, 1.807) is 23.6 Å². The van der Waals surface area contributed by atoms with Crippen LogP contribution in [0.4, 0.5) is 31.5 Å². The van der Waals surface area contributed by atoms with Gasteiger partial charge >= 0.3 is 12.4 Å². The zero-order valence-electron chi connectivity index (χ0n) is 13.6. The van der Waals surface area contributed by atoms with Gasteiger partial charge in [-0.05, 0) is 30.3 Å². The summed E-state index contributed by atoms with van der Waals surface area (Å²) in [5.41, 5.74) is -3.02. The third kappa shape index (κ3) is 4.47. The van der Waals surface area contributed by atoms with E-state index < -0.39 is 35.0 Å². The first-order valence-electron chi connectivity index (χ1n) is 7.52. The molecule has 0 spiro atoms. The van der Waals surface area contributed by atoms with Crippen LogP contribution in [0.2, 0.25) is 0 Å². The predicted molar refractivity (Wildman–Crippen MR) is 89.7 cm³/mol. The summed E-state index contributed by atoms with van der Waals surface area (Å²) in [5.74, 6) is -1.14. The molecule has 0 aliphatic heterocycles. The van der Waals surface area contributed by atoms with E-state index in [-0.39, 0.29) is 11.2 Å². The van der Waals surface area contributed by atoms with Crippen LogP contribution in [-0.4, -0.2) is 15.9 Å². The lowest BCUT2D eigenvalue weighted by atomic mass is 10.0. The number of anilines is 1. The van der Waals surface area contributed by atoms with Crippen LogP contribution in [0, 0.1) is 0 Å². The van der Waals surface area contributed by atoms with Gasteiger partial charge in [0.15, 0.2) is 5.13 Å². The SMILES string of the molecule is O=C(Nc1nc(-c2ccccn2)cs1)c1cc(C(F)(F)F)cc(C(F)(F)F)c1. The summed E-state index contributed by atoms with van der Waals surface area (Å²) in [6, 6.07) is 5.73. The van der Waals surface area contributed by atoms with E-state index in [9.17, 15) is 31.1 Å². The molecule has 3 rings (SSSR count). The Morgan fingerprint density at radius 1 is 0.929 bits per heavy atom. The first-order chi connectivity index (χ1) is 13.0. The largest absolute Gasteiger partial charge is 0.416 e. The number of rotatable bonds is 3. The average Bonchev–Trinajstić information content (AvgIpc) is 3.09. The third-order valence-electron chi connectivity index (χ3n) is 3.50. The molecular formula is C17H9F6N3OS. The number of pyridine rings is 1. The Morgan fingerprint density at radius 2 is 1.57 bits per heavy atom. The van der Waals surface area contributed by atoms with Gasteiger partial charge in [-0.25, -0.2) is 4.98 Å². The highest BCUT2D eigenvalue weighted by atomic mass is 32.1. The van der Waals surface area contributed by atoms with Crippen LogP contribution in [-0.2, 0) is 12.4 Å². The van der Waals surface area contributed by atoms with Crippen LogP contribution < -0.4 is 5.32 Å². The molecule has 0 saturated carbocycles. The van der Waals surface area contributed by atoms with Gasteiger partial charge in [0.1, 0.15) is 5.69 Å². The second kappa shape index (κ2) is 7.23. The summed E-state index contributed by atoms with van der Waals surface area (Å²) in [6.45, 7) is 0. The molecule has 0 saturated heterocycles. The van der Waals surface area contributed by atoms with Gasteiger partial charge in [-0.15, -0.1) is 11.3 Å². The van der Waals surface area contributed by atoms with Crippen LogP contribution in [0.5, 0.6) is 0 Å². The maximum atomic E-state index is 12.9. The van der Waals surface area contributed by atoms with E-state index in [0.717, 1.165) is 11.3 Å². The van der Waals surface area contributed by atoms with Crippen molar-refractivity contribution in [1.82, 2.24) is 9.97 Å². The fourth-order valence-electron chi connectivity index (χ4n) is 2.22. The molecule has 0 fully saturated rings. The first-order valence-corrected chi connectivity index (χ1v) is 8.40. The third-order valence-corrected chi connectivity index (χ3v) is 4.26. The average molecular weight is 417 g/mol. The second-order valence-corrected chi connectivity index (χ2v) is 6.36. The summed E-state index contributed by atoms with van der Waals surface area (Å²) in [4.78, 5) is 20.3. The minimum atomic E-state index is -5.04. The number of carbonyl (C=O) groups is 1. The van der Waals surface area contributed by atoms with Crippen LogP contribution in [0.1, 0.15) is 21.5 Å². The van der Waals surface area contributed by atoms with Gasteiger partial charge < -0.3 is 0 Å². The number of benzene rings is 1. The Labute approximate surface area is 157 Å². The number of thiazole rings is 1. The topological polar surface area (TPSA) is 54.9 Å². The van der Waals surface area contributed by atoms with Crippen molar-refractivity contribution >= 4 is 22.4 Å². The molecule has 2 aromatic heterocycles. The number of halogens is 6. The van der Waals surface area contributed by atoms with Gasteiger partial charge in [0.2, 0.25) is 0 Å². The van der Waals surface area contributed by atoms with Crippen LogP contribution in [0.15, 0.2) is 48.0 Å². The molecule has 2 heterocycles. The van der Waals surface area contributed by atoms with E-state index >= 15 is 0 Å². The van der Waals surface area contributed by atoms with Gasteiger partial charge in [0, 0.05) is 17.1 Å². The molecule has 11 heteroatoms. The number of nitrogens with one attached hydrogen (secondary N) is 1. The molecule has 0 aliphatic rings. The van der Waals surface area contributed by atoms with E-state index in [1.807, 2.05) is 0 Å². The van der Waals surface area contributed by atoms with Crippen molar-refractivity contribution < 1.29 is 31.1 Å². The molecule has 3 aromatic rings. The molecular weight excluding hydrogens is 408 g/mol. The zero-order valence-corrected chi connectivity index (χ0v) is 14.4. The summed E-state index contributed by atoms with van der Waals surface area (Å²) in [5, 5.41) is 3.77. The van der Waals surface area contributed by atoms with E-state index in [4.69, 9.17) is 0 Å².